The van der Waals surface area contributed by atoms with Gasteiger partial charge in [0.2, 0.25) is 5.91 Å². The molecule has 0 spiro atoms. The predicted molar refractivity (Wildman–Crippen MR) is 67.4 cm³/mol. The Morgan fingerprint density at radius 1 is 1.61 bits per heavy atom. The molecule has 0 radical (unpaired) electrons. The summed E-state index contributed by atoms with van der Waals surface area (Å²) in [5.41, 5.74) is 0.274. The summed E-state index contributed by atoms with van der Waals surface area (Å²) in [7, 11) is 0. The number of hydrogen-bond acceptors (Lipinski definition) is 3. The highest BCUT2D eigenvalue weighted by Gasteiger charge is 2.32. The van der Waals surface area contributed by atoms with Crippen molar-refractivity contribution in [2.75, 3.05) is 13.1 Å². The Hall–Kier alpha value is -1.62. The summed E-state index contributed by atoms with van der Waals surface area (Å²) < 4.78 is 0. The highest BCUT2D eigenvalue weighted by atomic mass is 35.5. The molecule has 1 aromatic heterocycles. The number of carbonyl (C=O) groups is 2. The molecule has 1 unspecified atom stereocenters. The van der Waals surface area contributed by atoms with Gasteiger partial charge in [0.1, 0.15) is 16.9 Å². The van der Waals surface area contributed by atoms with E-state index in [2.05, 4.69) is 10.3 Å². The van der Waals surface area contributed by atoms with Crippen LogP contribution in [0.2, 0.25) is 5.15 Å². The van der Waals surface area contributed by atoms with Crippen LogP contribution >= 0.6 is 11.6 Å². The number of piperazine rings is 1. The van der Waals surface area contributed by atoms with Gasteiger partial charge in [0, 0.05) is 13.1 Å². The first-order chi connectivity index (χ1) is 8.63. The SMILES string of the molecule is CCC1C(=O)NCCN1C(=O)c1cccc(Cl)n1. The van der Waals surface area contributed by atoms with Gasteiger partial charge in [-0.3, -0.25) is 9.59 Å². The fourth-order valence-corrected chi connectivity index (χ4v) is 2.20. The molecule has 6 heteroatoms. The molecular formula is C12H14ClN3O2. The van der Waals surface area contributed by atoms with Gasteiger partial charge in [0.15, 0.2) is 0 Å². The van der Waals surface area contributed by atoms with Gasteiger partial charge in [-0.1, -0.05) is 24.6 Å². The van der Waals surface area contributed by atoms with Crippen molar-refractivity contribution in [3.05, 3.63) is 29.0 Å². The number of halogens is 1. The molecule has 2 rings (SSSR count). The Bertz CT molecular complexity index is 478. The van der Waals surface area contributed by atoms with Gasteiger partial charge in [-0.15, -0.1) is 0 Å². The standard InChI is InChI=1S/C12H14ClN3O2/c1-2-9-11(17)14-6-7-16(9)12(18)8-4-3-5-10(13)15-8/h3-5,9H,2,6-7H2,1H3,(H,14,17). The number of nitrogens with one attached hydrogen (secondary N) is 1. The van der Waals surface area contributed by atoms with Crippen molar-refractivity contribution in [1.82, 2.24) is 15.2 Å². The normalized spacial score (nSPS) is 19.6. The number of pyridine rings is 1. The van der Waals surface area contributed by atoms with E-state index in [1.54, 1.807) is 23.1 Å². The van der Waals surface area contributed by atoms with Gasteiger partial charge in [-0.05, 0) is 18.6 Å². The lowest BCUT2D eigenvalue weighted by Crippen LogP contribution is -2.57. The molecular weight excluding hydrogens is 254 g/mol. The number of amides is 2. The van der Waals surface area contributed by atoms with Crippen LogP contribution < -0.4 is 5.32 Å². The van der Waals surface area contributed by atoms with Gasteiger partial charge in [0.05, 0.1) is 0 Å². The Kier molecular flexibility index (Phi) is 3.81. The van der Waals surface area contributed by atoms with Gasteiger partial charge < -0.3 is 10.2 Å². The zero-order valence-electron chi connectivity index (χ0n) is 10.0. The highest BCUT2D eigenvalue weighted by molar-refractivity contribution is 6.29. The molecule has 18 heavy (non-hydrogen) atoms. The first-order valence-corrected chi connectivity index (χ1v) is 6.22. The molecule has 2 amide bonds. The van der Waals surface area contributed by atoms with Crippen LogP contribution in [0.3, 0.4) is 0 Å². The molecule has 96 valence electrons. The molecule has 1 N–H and O–H groups in total. The minimum absolute atomic E-state index is 0.112. The molecule has 5 nitrogen and oxygen atoms in total. The summed E-state index contributed by atoms with van der Waals surface area (Å²) in [5, 5.41) is 3.02. The van der Waals surface area contributed by atoms with Crippen LogP contribution in [0.5, 0.6) is 0 Å². The van der Waals surface area contributed by atoms with Crippen LogP contribution in [0.15, 0.2) is 18.2 Å². The third-order valence-corrected chi connectivity index (χ3v) is 3.12. The molecule has 0 bridgehead atoms. The monoisotopic (exact) mass is 267 g/mol. The summed E-state index contributed by atoms with van der Waals surface area (Å²) in [6.07, 6.45) is 0.581. The fraction of sp³-hybridized carbons (Fsp3) is 0.417. The predicted octanol–water partition coefficient (Wildman–Crippen LogP) is 1.09. The largest absolute Gasteiger partial charge is 0.353 e. The fourth-order valence-electron chi connectivity index (χ4n) is 2.04. The maximum Gasteiger partial charge on any atom is 0.273 e. The van der Waals surface area contributed by atoms with Crippen LogP contribution in [0, 0.1) is 0 Å². The summed E-state index contributed by atoms with van der Waals surface area (Å²) in [4.78, 5) is 29.5. The van der Waals surface area contributed by atoms with E-state index < -0.39 is 6.04 Å². The second-order valence-electron chi connectivity index (χ2n) is 4.06. The van der Waals surface area contributed by atoms with E-state index in [0.29, 0.717) is 19.5 Å². The quantitative estimate of drug-likeness (QED) is 0.816. The van der Waals surface area contributed by atoms with E-state index >= 15 is 0 Å². The number of carbonyl (C=O) groups excluding carboxylic acids is 2. The van der Waals surface area contributed by atoms with Gasteiger partial charge in [-0.2, -0.15) is 0 Å². The van der Waals surface area contributed by atoms with E-state index in [1.165, 1.54) is 0 Å². The average Bonchev–Trinajstić information content (AvgIpc) is 2.37. The van der Waals surface area contributed by atoms with Crippen molar-refractivity contribution >= 4 is 23.4 Å². The summed E-state index contributed by atoms with van der Waals surface area (Å²) >= 11 is 5.77. The van der Waals surface area contributed by atoms with Crippen molar-refractivity contribution in [3.63, 3.8) is 0 Å². The minimum Gasteiger partial charge on any atom is -0.353 e. The number of aromatic nitrogens is 1. The smallest absolute Gasteiger partial charge is 0.273 e. The molecule has 1 atom stereocenters. The van der Waals surface area contributed by atoms with Crippen LogP contribution in [-0.2, 0) is 4.79 Å². The van der Waals surface area contributed by atoms with E-state index in [0.717, 1.165) is 0 Å². The lowest BCUT2D eigenvalue weighted by Gasteiger charge is -2.34. The molecule has 0 aromatic carbocycles. The minimum atomic E-state index is -0.424. The van der Waals surface area contributed by atoms with Crippen LogP contribution in [0.1, 0.15) is 23.8 Å². The van der Waals surface area contributed by atoms with Gasteiger partial charge in [-0.25, -0.2) is 4.98 Å². The molecule has 0 saturated carbocycles. The molecule has 1 fully saturated rings. The third-order valence-electron chi connectivity index (χ3n) is 2.91. The maximum atomic E-state index is 12.3. The number of rotatable bonds is 2. The Labute approximate surface area is 110 Å². The molecule has 1 aromatic rings. The Morgan fingerprint density at radius 3 is 3.06 bits per heavy atom. The third kappa shape index (κ3) is 2.46. The summed E-state index contributed by atoms with van der Waals surface area (Å²) in [6.45, 7) is 2.85. The second kappa shape index (κ2) is 5.35. The average molecular weight is 268 g/mol. The van der Waals surface area contributed by atoms with Crippen LogP contribution in [0.25, 0.3) is 0 Å². The van der Waals surface area contributed by atoms with Gasteiger partial charge >= 0.3 is 0 Å². The molecule has 1 aliphatic rings. The van der Waals surface area contributed by atoms with Crippen molar-refractivity contribution in [2.24, 2.45) is 0 Å². The van der Waals surface area contributed by atoms with Crippen molar-refractivity contribution in [2.45, 2.75) is 19.4 Å². The van der Waals surface area contributed by atoms with Crippen molar-refractivity contribution in [1.29, 1.82) is 0 Å². The number of hydrogen-bond donors (Lipinski definition) is 1. The topological polar surface area (TPSA) is 62.3 Å². The highest BCUT2D eigenvalue weighted by Crippen LogP contribution is 2.14. The first-order valence-electron chi connectivity index (χ1n) is 5.84. The Balaban J connectivity index is 2.24. The van der Waals surface area contributed by atoms with Crippen molar-refractivity contribution in [3.8, 4) is 0 Å². The first kappa shape index (κ1) is 12.8. The molecule has 2 heterocycles. The summed E-state index contributed by atoms with van der Waals surface area (Å²) in [5.74, 6) is -0.363. The zero-order valence-corrected chi connectivity index (χ0v) is 10.8. The maximum absolute atomic E-state index is 12.3. The van der Waals surface area contributed by atoms with Crippen LogP contribution in [0.4, 0.5) is 0 Å². The van der Waals surface area contributed by atoms with E-state index in [9.17, 15) is 9.59 Å². The van der Waals surface area contributed by atoms with E-state index in [4.69, 9.17) is 11.6 Å². The lowest BCUT2D eigenvalue weighted by molar-refractivity contribution is -0.127. The molecule has 1 saturated heterocycles. The zero-order chi connectivity index (χ0) is 13.1. The van der Waals surface area contributed by atoms with E-state index in [1.807, 2.05) is 6.92 Å². The number of nitrogens with zero attached hydrogens (tertiary/aromatic N) is 2. The van der Waals surface area contributed by atoms with E-state index in [-0.39, 0.29) is 22.7 Å². The molecule has 0 aliphatic carbocycles. The molecule has 1 aliphatic heterocycles. The summed E-state index contributed by atoms with van der Waals surface area (Å²) in [6, 6.07) is 4.46. The van der Waals surface area contributed by atoms with Gasteiger partial charge in [0.25, 0.3) is 5.91 Å². The van der Waals surface area contributed by atoms with Crippen molar-refractivity contribution < 1.29 is 9.59 Å². The lowest BCUT2D eigenvalue weighted by atomic mass is 10.1. The van der Waals surface area contributed by atoms with Crippen LogP contribution in [-0.4, -0.2) is 40.8 Å². The second-order valence-corrected chi connectivity index (χ2v) is 4.45. The Morgan fingerprint density at radius 2 is 2.39 bits per heavy atom.